The van der Waals surface area contributed by atoms with Crippen LogP contribution < -0.4 is 5.32 Å². The van der Waals surface area contributed by atoms with Crippen LogP contribution in [0.1, 0.15) is 5.69 Å². The highest BCUT2D eigenvalue weighted by Gasteiger charge is 2.09. The lowest BCUT2D eigenvalue weighted by molar-refractivity contribution is 0.199. The molecule has 19 heavy (non-hydrogen) atoms. The average molecular weight is 285 g/mol. The molecule has 0 bridgehead atoms. The van der Waals surface area contributed by atoms with Crippen molar-refractivity contribution in [2.75, 3.05) is 20.3 Å². The van der Waals surface area contributed by atoms with E-state index >= 15 is 0 Å². The fourth-order valence-corrected chi connectivity index (χ4v) is 1.75. The van der Waals surface area contributed by atoms with Crippen LogP contribution in [0.3, 0.4) is 0 Å². The number of benzene rings is 1. The summed E-state index contributed by atoms with van der Waals surface area (Å²) in [4.78, 5) is 0. The summed E-state index contributed by atoms with van der Waals surface area (Å²) in [6.45, 7) is 1.96. The Balaban J connectivity index is 2.01. The minimum absolute atomic E-state index is 0.0636. The number of ether oxygens (including phenoxy) is 1. The number of rotatable bonds is 6. The Bertz CT molecular complexity index is 545. The van der Waals surface area contributed by atoms with Crippen LogP contribution in [0.4, 0.5) is 4.39 Å². The highest BCUT2D eigenvalue weighted by atomic mass is 35.5. The van der Waals surface area contributed by atoms with Crippen molar-refractivity contribution in [1.29, 1.82) is 0 Å². The van der Waals surface area contributed by atoms with Gasteiger partial charge in [-0.05, 0) is 18.2 Å². The predicted molar refractivity (Wildman–Crippen MR) is 70.5 cm³/mol. The fraction of sp³-hybridized carbons (Fsp3) is 0.308. The number of halogens is 2. The summed E-state index contributed by atoms with van der Waals surface area (Å²) in [5.41, 5.74) is 1.47. The summed E-state index contributed by atoms with van der Waals surface area (Å²) < 4.78 is 23.2. The van der Waals surface area contributed by atoms with Crippen molar-refractivity contribution in [3.05, 3.63) is 40.8 Å². The van der Waals surface area contributed by atoms with Gasteiger partial charge in [-0.3, -0.25) is 0 Å². The zero-order valence-corrected chi connectivity index (χ0v) is 11.2. The molecule has 0 fully saturated rings. The molecule has 102 valence electrons. The van der Waals surface area contributed by atoms with Crippen LogP contribution in [0.5, 0.6) is 0 Å². The molecule has 1 N–H and O–H groups in total. The van der Waals surface area contributed by atoms with Crippen LogP contribution in [0.15, 0.2) is 28.8 Å². The Labute approximate surface area is 115 Å². The second-order valence-corrected chi connectivity index (χ2v) is 4.39. The van der Waals surface area contributed by atoms with Crippen LogP contribution in [0.2, 0.25) is 5.02 Å². The van der Waals surface area contributed by atoms with E-state index in [9.17, 15) is 4.39 Å². The highest BCUT2D eigenvalue weighted by molar-refractivity contribution is 6.31. The van der Waals surface area contributed by atoms with Gasteiger partial charge in [0.25, 0.3) is 0 Å². The van der Waals surface area contributed by atoms with Crippen molar-refractivity contribution < 1.29 is 13.7 Å². The zero-order chi connectivity index (χ0) is 13.7. The van der Waals surface area contributed by atoms with Crippen molar-refractivity contribution in [2.45, 2.75) is 6.54 Å². The lowest BCUT2D eigenvalue weighted by atomic mass is 10.1. The van der Waals surface area contributed by atoms with E-state index in [1.807, 2.05) is 0 Å². The van der Waals surface area contributed by atoms with E-state index in [0.717, 1.165) is 12.2 Å². The van der Waals surface area contributed by atoms with Gasteiger partial charge in [0.15, 0.2) is 5.76 Å². The Morgan fingerprint density at radius 2 is 2.26 bits per heavy atom. The summed E-state index contributed by atoms with van der Waals surface area (Å²) >= 11 is 5.73. The van der Waals surface area contributed by atoms with E-state index in [2.05, 4.69) is 10.5 Å². The van der Waals surface area contributed by atoms with Crippen molar-refractivity contribution in [3.8, 4) is 11.3 Å². The molecule has 0 atom stereocenters. The van der Waals surface area contributed by atoms with Crippen LogP contribution in [0, 0.1) is 5.82 Å². The molecule has 1 heterocycles. The molecule has 1 aromatic carbocycles. The molecule has 2 rings (SSSR count). The largest absolute Gasteiger partial charge is 0.383 e. The van der Waals surface area contributed by atoms with Gasteiger partial charge in [0.2, 0.25) is 0 Å². The van der Waals surface area contributed by atoms with Gasteiger partial charge in [-0.25, -0.2) is 4.39 Å². The first-order chi connectivity index (χ1) is 9.20. The van der Waals surface area contributed by atoms with Crippen LogP contribution >= 0.6 is 11.6 Å². The van der Waals surface area contributed by atoms with E-state index in [4.69, 9.17) is 20.9 Å². The molecule has 0 saturated heterocycles. The third-order valence-electron chi connectivity index (χ3n) is 2.55. The number of aromatic nitrogens is 1. The maximum atomic E-state index is 13.1. The molecule has 6 heteroatoms. The smallest absolute Gasteiger partial charge is 0.167 e. The van der Waals surface area contributed by atoms with Crippen molar-refractivity contribution in [3.63, 3.8) is 0 Å². The Morgan fingerprint density at radius 1 is 1.42 bits per heavy atom. The third-order valence-corrected chi connectivity index (χ3v) is 2.84. The Hall–Kier alpha value is -1.43. The predicted octanol–water partition coefficient (Wildman–Crippen LogP) is 2.87. The van der Waals surface area contributed by atoms with Gasteiger partial charge < -0.3 is 14.6 Å². The molecule has 0 saturated carbocycles. The first kappa shape index (κ1) is 14.0. The monoisotopic (exact) mass is 284 g/mol. The van der Waals surface area contributed by atoms with Gasteiger partial charge >= 0.3 is 0 Å². The third kappa shape index (κ3) is 3.76. The summed E-state index contributed by atoms with van der Waals surface area (Å²) in [6.07, 6.45) is 0. The average Bonchev–Trinajstić information content (AvgIpc) is 2.87. The zero-order valence-electron chi connectivity index (χ0n) is 10.5. The fourth-order valence-electron chi connectivity index (χ4n) is 1.57. The molecule has 0 radical (unpaired) electrons. The lowest BCUT2D eigenvalue weighted by Crippen LogP contribution is -2.18. The van der Waals surface area contributed by atoms with E-state index in [1.165, 1.54) is 12.1 Å². The van der Waals surface area contributed by atoms with E-state index in [0.29, 0.717) is 24.5 Å². The number of methoxy groups -OCH3 is 1. The van der Waals surface area contributed by atoms with Crippen molar-refractivity contribution in [2.24, 2.45) is 0 Å². The lowest BCUT2D eigenvalue weighted by Gasteiger charge is -1.99. The summed E-state index contributed by atoms with van der Waals surface area (Å²) in [6, 6.07) is 6.21. The Kier molecular flexibility index (Phi) is 4.90. The molecule has 0 amide bonds. The van der Waals surface area contributed by atoms with Crippen LogP contribution in [-0.4, -0.2) is 25.4 Å². The number of hydrogen-bond donors (Lipinski definition) is 1. The minimum Gasteiger partial charge on any atom is -0.383 e. The molecule has 0 aliphatic rings. The van der Waals surface area contributed by atoms with Crippen molar-refractivity contribution in [1.82, 2.24) is 10.5 Å². The standard InChI is InChI=1S/C13H14ClFN2O2/c1-18-5-4-16-8-10-7-13(19-17-10)9-2-3-12(15)11(14)6-9/h2-3,6-7,16H,4-5,8H2,1H3. The van der Waals surface area contributed by atoms with Gasteiger partial charge in [-0.1, -0.05) is 16.8 Å². The molecule has 2 aromatic rings. The molecular weight excluding hydrogens is 271 g/mol. The van der Waals surface area contributed by atoms with Crippen molar-refractivity contribution >= 4 is 11.6 Å². The van der Waals surface area contributed by atoms with E-state index in [-0.39, 0.29) is 5.02 Å². The minimum atomic E-state index is -0.452. The topological polar surface area (TPSA) is 47.3 Å². The molecule has 0 aliphatic heterocycles. The SMILES string of the molecule is COCCNCc1cc(-c2ccc(F)c(Cl)c2)on1. The second-order valence-electron chi connectivity index (χ2n) is 3.98. The van der Waals surface area contributed by atoms with Crippen LogP contribution in [0.25, 0.3) is 11.3 Å². The number of nitrogens with one attached hydrogen (secondary N) is 1. The summed E-state index contributed by atoms with van der Waals surface area (Å²) in [5, 5.41) is 7.15. The molecular formula is C13H14ClFN2O2. The maximum absolute atomic E-state index is 13.1. The van der Waals surface area contributed by atoms with Gasteiger partial charge in [0, 0.05) is 31.8 Å². The molecule has 0 unspecified atom stereocenters. The van der Waals surface area contributed by atoms with Gasteiger partial charge in [-0.2, -0.15) is 0 Å². The first-order valence-electron chi connectivity index (χ1n) is 5.81. The maximum Gasteiger partial charge on any atom is 0.167 e. The number of nitrogens with zero attached hydrogens (tertiary/aromatic N) is 1. The second kappa shape index (κ2) is 6.65. The normalized spacial score (nSPS) is 10.9. The number of hydrogen-bond acceptors (Lipinski definition) is 4. The molecule has 1 aromatic heterocycles. The van der Waals surface area contributed by atoms with Gasteiger partial charge in [0.05, 0.1) is 17.3 Å². The summed E-state index contributed by atoms with van der Waals surface area (Å²) in [7, 11) is 1.65. The highest BCUT2D eigenvalue weighted by Crippen LogP contribution is 2.25. The molecule has 4 nitrogen and oxygen atoms in total. The van der Waals surface area contributed by atoms with E-state index < -0.39 is 5.82 Å². The Morgan fingerprint density at radius 3 is 3.00 bits per heavy atom. The van der Waals surface area contributed by atoms with Crippen LogP contribution in [-0.2, 0) is 11.3 Å². The quantitative estimate of drug-likeness (QED) is 0.829. The van der Waals surface area contributed by atoms with E-state index in [1.54, 1.807) is 19.2 Å². The van der Waals surface area contributed by atoms with Gasteiger partial charge in [-0.15, -0.1) is 0 Å². The molecule has 0 spiro atoms. The summed E-state index contributed by atoms with van der Waals surface area (Å²) in [5.74, 6) is 0.108. The van der Waals surface area contributed by atoms with Gasteiger partial charge in [0.1, 0.15) is 5.82 Å². The molecule has 0 aliphatic carbocycles. The first-order valence-corrected chi connectivity index (χ1v) is 6.19.